The van der Waals surface area contributed by atoms with Crippen molar-refractivity contribution in [3.8, 4) is 0 Å². The van der Waals surface area contributed by atoms with Gasteiger partial charge in [0.25, 0.3) is 5.91 Å². The van der Waals surface area contributed by atoms with Crippen LogP contribution >= 0.6 is 11.3 Å². The van der Waals surface area contributed by atoms with Crippen molar-refractivity contribution in [1.29, 1.82) is 0 Å². The maximum Gasteiger partial charge on any atom is 0.252 e. The van der Waals surface area contributed by atoms with Gasteiger partial charge in [0.1, 0.15) is 0 Å². The number of fused-ring (bicyclic) bond motifs is 1. The molecule has 2 heterocycles. The molecule has 0 spiro atoms. The SMILES string of the molecule is O=C1NC(c2[c]scc2)c2ccccc21. The number of amides is 1. The van der Waals surface area contributed by atoms with Crippen LogP contribution in [0.1, 0.15) is 27.5 Å². The first-order chi connectivity index (χ1) is 7.36. The third kappa shape index (κ3) is 1.27. The minimum absolute atomic E-state index is 0.00944. The van der Waals surface area contributed by atoms with E-state index in [1.54, 1.807) is 0 Å². The van der Waals surface area contributed by atoms with E-state index in [4.69, 9.17) is 0 Å². The zero-order valence-electron chi connectivity index (χ0n) is 7.86. The van der Waals surface area contributed by atoms with Gasteiger partial charge in [-0.25, -0.2) is 0 Å². The van der Waals surface area contributed by atoms with Crippen LogP contribution in [0.4, 0.5) is 0 Å². The molecule has 1 aromatic heterocycles. The zero-order valence-corrected chi connectivity index (χ0v) is 8.67. The van der Waals surface area contributed by atoms with E-state index in [9.17, 15) is 4.79 Å². The Kier molecular flexibility index (Phi) is 1.86. The van der Waals surface area contributed by atoms with Crippen LogP contribution in [-0.4, -0.2) is 5.91 Å². The molecule has 0 saturated carbocycles. The van der Waals surface area contributed by atoms with Crippen LogP contribution in [0.15, 0.2) is 35.7 Å². The lowest BCUT2D eigenvalue weighted by Gasteiger charge is -2.08. The van der Waals surface area contributed by atoms with E-state index in [2.05, 4.69) is 10.7 Å². The maximum atomic E-state index is 11.6. The minimum Gasteiger partial charge on any atom is -0.341 e. The topological polar surface area (TPSA) is 29.1 Å². The second-order valence-corrected chi connectivity index (χ2v) is 4.18. The van der Waals surface area contributed by atoms with Gasteiger partial charge in [-0.05, 0) is 28.6 Å². The van der Waals surface area contributed by atoms with Gasteiger partial charge in [0.05, 0.1) is 11.4 Å². The standard InChI is InChI=1S/C12H8NOS/c14-12-10-4-2-1-3-9(10)11(13-12)8-5-6-15-7-8/h1-6,11H,(H,13,14). The molecular weight excluding hydrogens is 206 g/mol. The van der Waals surface area contributed by atoms with Crippen molar-refractivity contribution in [2.45, 2.75) is 6.04 Å². The first-order valence-corrected chi connectivity index (χ1v) is 5.59. The lowest BCUT2D eigenvalue weighted by molar-refractivity contribution is 0.0960. The summed E-state index contributed by atoms with van der Waals surface area (Å²) >= 11 is 1.53. The highest BCUT2D eigenvalue weighted by Gasteiger charge is 2.29. The summed E-state index contributed by atoms with van der Waals surface area (Å²) in [5.74, 6) is 0.00944. The summed E-state index contributed by atoms with van der Waals surface area (Å²) in [6, 6.07) is 9.68. The molecule has 1 radical (unpaired) electrons. The highest BCUT2D eigenvalue weighted by molar-refractivity contribution is 7.07. The molecule has 1 amide bonds. The number of benzene rings is 1. The zero-order chi connectivity index (χ0) is 10.3. The van der Waals surface area contributed by atoms with Crippen molar-refractivity contribution in [2.75, 3.05) is 0 Å². The van der Waals surface area contributed by atoms with E-state index in [1.165, 1.54) is 11.3 Å². The summed E-state index contributed by atoms with van der Waals surface area (Å²) in [5.41, 5.74) is 2.87. The number of carbonyl (C=O) groups is 1. The van der Waals surface area contributed by atoms with Gasteiger partial charge in [-0.1, -0.05) is 18.2 Å². The lowest BCUT2D eigenvalue weighted by Crippen LogP contribution is -2.19. The number of carbonyl (C=O) groups excluding carboxylic acids is 1. The van der Waals surface area contributed by atoms with E-state index in [0.717, 1.165) is 16.7 Å². The quantitative estimate of drug-likeness (QED) is 0.775. The summed E-state index contributed by atoms with van der Waals surface area (Å²) in [6.45, 7) is 0. The van der Waals surface area contributed by atoms with Crippen molar-refractivity contribution in [1.82, 2.24) is 5.32 Å². The molecule has 1 N–H and O–H groups in total. The Hall–Kier alpha value is -1.61. The number of hydrogen-bond acceptors (Lipinski definition) is 2. The summed E-state index contributed by atoms with van der Waals surface area (Å²) in [6.07, 6.45) is 0. The smallest absolute Gasteiger partial charge is 0.252 e. The van der Waals surface area contributed by atoms with Crippen LogP contribution in [0.5, 0.6) is 0 Å². The number of rotatable bonds is 1. The molecular formula is C12H8NOS. The summed E-state index contributed by atoms with van der Waals surface area (Å²) in [4.78, 5) is 11.6. The number of hydrogen-bond donors (Lipinski definition) is 1. The number of thiophene rings is 1. The Morgan fingerprint density at radius 1 is 1.27 bits per heavy atom. The van der Waals surface area contributed by atoms with Gasteiger partial charge in [-0.2, -0.15) is 0 Å². The first-order valence-electron chi connectivity index (χ1n) is 4.71. The predicted octanol–water partition coefficient (Wildman–Crippen LogP) is 2.38. The molecule has 0 saturated heterocycles. The first kappa shape index (κ1) is 8.68. The van der Waals surface area contributed by atoms with Crippen molar-refractivity contribution in [3.63, 3.8) is 0 Å². The van der Waals surface area contributed by atoms with E-state index in [1.807, 2.05) is 35.7 Å². The van der Waals surface area contributed by atoms with Crippen LogP contribution in [0.25, 0.3) is 0 Å². The molecule has 15 heavy (non-hydrogen) atoms. The largest absolute Gasteiger partial charge is 0.341 e. The van der Waals surface area contributed by atoms with Gasteiger partial charge < -0.3 is 5.32 Å². The minimum atomic E-state index is -0.0139. The summed E-state index contributed by atoms with van der Waals surface area (Å²) < 4.78 is 0. The highest BCUT2D eigenvalue weighted by atomic mass is 32.1. The lowest BCUT2D eigenvalue weighted by atomic mass is 10.0. The van der Waals surface area contributed by atoms with Gasteiger partial charge in [0.15, 0.2) is 0 Å². The normalized spacial score (nSPS) is 18.7. The van der Waals surface area contributed by atoms with Crippen molar-refractivity contribution < 1.29 is 4.79 Å². The van der Waals surface area contributed by atoms with E-state index >= 15 is 0 Å². The maximum absolute atomic E-state index is 11.6. The molecule has 1 aromatic carbocycles. The fourth-order valence-electron chi connectivity index (χ4n) is 1.89. The van der Waals surface area contributed by atoms with Gasteiger partial charge in [-0.15, -0.1) is 11.3 Å². The summed E-state index contributed by atoms with van der Waals surface area (Å²) in [7, 11) is 0. The molecule has 1 atom stereocenters. The second kappa shape index (κ2) is 3.21. The Morgan fingerprint density at radius 3 is 2.93 bits per heavy atom. The van der Waals surface area contributed by atoms with Crippen LogP contribution < -0.4 is 5.32 Å². The van der Waals surface area contributed by atoms with Crippen LogP contribution in [0, 0.1) is 5.38 Å². The molecule has 73 valence electrons. The Labute approximate surface area is 91.6 Å². The molecule has 2 aromatic rings. The van der Waals surface area contributed by atoms with Gasteiger partial charge in [-0.3, -0.25) is 4.79 Å². The Balaban J connectivity index is 2.13. The van der Waals surface area contributed by atoms with Crippen molar-refractivity contribution in [3.05, 3.63) is 57.8 Å². The summed E-state index contributed by atoms with van der Waals surface area (Å²) in [5, 5.41) is 8.10. The monoisotopic (exact) mass is 214 g/mol. The molecule has 1 aliphatic rings. The number of nitrogens with one attached hydrogen (secondary N) is 1. The van der Waals surface area contributed by atoms with Gasteiger partial charge >= 0.3 is 0 Å². The van der Waals surface area contributed by atoms with Gasteiger partial charge in [0.2, 0.25) is 0 Å². The average Bonchev–Trinajstić information content (AvgIpc) is 2.87. The second-order valence-electron chi connectivity index (χ2n) is 3.47. The Bertz CT molecular complexity index is 504. The molecule has 1 unspecified atom stereocenters. The average molecular weight is 214 g/mol. The third-order valence-corrected chi connectivity index (χ3v) is 3.22. The molecule has 0 aliphatic carbocycles. The predicted molar refractivity (Wildman–Crippen MR) is 58.9 cm³/mol. The molecule has 3 rings (SSSR count). The van der Waals surface area contributed by atoms with Crippen LogP contribution in [0.3, 0.4) is 0 Å². The molecule has 2 nitrogen and oxygen atoms in total. The molecule has 0 fully saturated rings. The third-order valence-electron chi connectivity index (χ3n) is 2.60. The molecule has 1 aliphatic heterocycles. The Morgan fingerprint density at radius 2 is 2.13 bits per heavy atom. The van der Waals surface area contributed by atoms with Crippen molar-refractivity contribution in [2.24, 2.45) is 0 Å². The van der Waals surface area contributed by atoms with Crippen LogP contribution in [-0.2, 0) is 0 Å². The molecule has 3 heteroatoms. The molecule has 0 bridgehead atoms. The van der Waals surface area contributed by atoms with E-state index < -0.39 is 0 Å². The van der Waals surface area contributed by atoms with Crippen molar-refractivity contribution >= 4 is 17.2 Å². The van der Waals surface area contributed by atoms with Crippen LogP contribution in [0.2, 0.25) is 0 Å². The van der Waals surface area contributed by atoms with Gasteiger partial charge in [0, 0.05) is 5.56 Å². The fourth-order valence-corrected chi connectivity index (χ4v) is 2.49. The fraction of sp³-hybridized carbons (Fsp3) is 0.0833. The van der Waals surface area contributed by atoms with E-state index in [0.29, 0.717) is 0 Å². The van der Waals surface area contributed by atoms with E-state index in [-0.39, 0.29) is 11.9 Å². The highest BCUT2D eigenvalue weighted by Crippen LogP contribution is 2.31.